The standard InChI is InChI=1S/C20H34N2O3S/c1-9-17(18(23)21-20(6,7)14-19(3,4)5)22(26(8,24)25)16-12-10-15(2)11-13-16/h10-13,17H,9,14H2,1-8H3,(H,21,23). The molecular formula is C20H34N2O3S. The van der Waals surface area contributed by atoms with Crippen LogP contribution in [0.1, 0.15) is 59.9 Å². The van der Waals surface area contributed by atoms with Crippen LogP contribution in [0.15, 0.2) is 24.3 Å². The van der Waals surface area contributed by atoms with Gasteiger partial charge in [-0.3, -0.25) is 9.10 Å². The van der Waals surface area contributed by atoms with Gasteiger partial charge in [-0.25, -0.2) is 8.42 Å². The van der Waals surface area contributed by atoms with Crippen molar-refractivity contribution in [1.29, 1.82) is 0 Å². The van der Waals surface area contributed by atoms with Crippen LogP contribution in [0.25, 0.3) is 0 Å². The van der Waals surface area contributed by atoms with Gasteiger partial charge in [0.25, 0.3) is 0 Å². The molecule has 1 rings (SSSR count). The molecule has 5 nitrogen and oxygen atoms in total. The number of anilines is 1. The molecule has 0 bridgehead atoms. The summed E-state index contributed by atoms with van der Waals surface area (Å²) in [6.45, 7) is 14.1. The molecule has 0 heterocycles. The number of nitrogens with one attached hydrogen (secondary N) is 1. The molecule has 0 aliphatic heterocycles. The third-order valence-electron chi connectivity index (χ3n) is 4.05. The minimum absolute atomic E-state index is 0.0476. The molecule has 6 heteroatoms. The first-order chi connectivity index (χ1) is 11.7. The van der Waals surface area contributed by atoms with Crippen molar-refractivity contribution >= 4 is 21.6 Å². The summed E-state index contributed by atoms with van der Waals surface area (Å²) in [5.74, 6) is -0.271. The van der Waals surface area contributed by atoms with Gasteiger partial charge < -0.3 is 5.32 Å². The van der Waals surface area contributed by atoms with Crippen molar-refractivity contribution in [2.24, 2.45) is 5.41 Å². The van der Waals surface area contributed by atoms with Gasteiger partial charge in [0.1, 0.15) is 6.04 Å². The molecule has 0 fully saturated rings. The number of amides is 1. The average Bonchev–Trinajstić information content (AvgIpc) is 2.41. The van der Waals surface area contributed by atoms with Gasteiger partial charge in [-0.05, 0) is 51.2 Å². The molecule has 1 amide bonds. The average molecular weight is 383 g/mol. The zero-order valence-corrected chi connectivity index (χ0v) is 18.2. The van der Waals surface area contributed by atoms with Crippen LogP contribution in [0.5, 0.6) is 0 Å². The van der Waals surface area contributed by atoms with E-state index in [1.165, 1.54) is 4.31 Å². The summed E-state index contributed by atoms with van der Waals surface area (Å²) in [6.07, 6.45) is 2.31. The monoisotopic (exact) mass is 382 g/mol. The Morgan fingerprint density at radius 2 is 1.62 bits per heavy atom. The molecule has 1 aromatic rings. The number of nitrogens with zero attached hydrogens (tertiary/aromatic N) is 1. The van der Waals surface area contributed by atoms with E-state index in [-0.39, 0.29) is 11.3 Å². The van der Waals surface area contributed by atoms with Crippen LogP contribution < -0.4 is 9.62 Å². The fourth-order valence-electron chi connectivity index (χ4n) is 3.54. The molecule has 0 radical (unpaired) electrons. The molecule has 26 heavy (non-hydrogen) atoms. The van der Waals surface area contributed by atoms with Crippen molar-refractivity contribution in [1.82, 2.24) is 5.32 Å². The SMILES string of the molecule is CCC(C(=O)NC(C)(C)CC(C)(C)C)N(c1ccc(C)cc1)S(C)(=O)=O. The minimum atomic E-state index is -3.61. The fraction of sp³-hybridized carbons (Fsp3) is 0.650. The molecule has 1 atom stereocenters. The maximum atomic E-state index is 13.0. The normalized spacial score (nSPS) is 14.0. The van der Waals surface area contributed by atoms with Crippen LogP contribution in [0.2, 0.25) is 0 Å². The van der Waals surface area contributed by atoms with Crippen LogP contribution in [0.3, 0.4) is 0 Å². The summed E-state index contributed by atoms with van der Waals surface area (Å²) in [5, 5.41) is 3.05. The summed E-state index contributed by atoms with van der Waals surface area (Å²) in [5.41, 5.74) is 1.16. The molecule has 0 aliphatic rings. The summed E-state index contributed by atoms with van der Waals surface area (Å²) in [6, 6.07) is 6.40. The van der Waals surface area contributed by atoms with E-state index < -0.39 is 21.6 Å². The highest BCUT2D eigenvalue weighted by atomic mass is 32.2. The van der Waals surface area contributed by atoms with Gasteiger partial charge in [0.15, 0.2) is 0 Å². The predicted molar refractivity (Wildman–Crippen MR) is 109 cm³/mol. The Kier molecular flexibility index (Phi) is 6.91. The molecule has 0 saturated carbocycles. The number of aryl methyl sites for hydroxylation is 1. The Hall–Kier alpha value is -1.56. The largest absolute Gasteiger partial charge is 0.349 e. The lowest BCUT2D eigenvalue weighted by Crippen LogP contribution is -2.55. The van der Waals surface area contributed by atoms with E-state index in [1.807, 2.05) is 39.8 Å². The van der Waals surface area contributed by atoms with Crippen LogP contribution in [0, 0.1) is 12.3 Å². The van der Waals surface area contributed by atoms with Crippen molar-refractivity contribution in [2.45, 2.75) is 72.9 Å². The molecule has 0 aliphatic carbocycles. The third kappa shape index (κ3) is 6.63. The van der Waals surface area contributed by atoms with Crippen LogP contribution in [-0.4, -0.2) is 32.2 Å². The quantitative estimate of drug-likeness (QED) is 0.778. The second-order valence-electron chi connectivity index (χ2n) is 8.93. The first kappa shape index (κ1) is 22.5. The van der Waals surface area contributed by atoms with Gasteiger partial charge in [0.2, 0.25) is 15.9 Å². The molecule has 1 aromatic carbocycles. The number of sulfonamides is 1. The first-order valence-electron chi connectivity index (χ1n) is 9.04. The highest BCUT2D eigenvalue weighted by Gasteiger charge is 2.35. The molecular weight excluding hydrogens is 348 g/mol. The summed E-state index contributed by atoms with van der Waals surface area (Å²) in [4.78, 5) is 13.0. The highest BCUT2D eigenvalue weighted by Crippen LogP contribution is 2.28. The Morgan fingerprint density at radius 1 is 1.12 bits per heavy atom. The maximum absolute atomic E-state index is 13.0. The van der Waals surface area contributed by atoms with E-state index in [0.29, 0.717) is 12.1 Å². The van der Waals surface area contributed by atoms with E-state index in [1.54, 1.807) is 12.1 Å². The molecule has 0 saturated heterocycles. The number of hydrogen-bond acceptors (Lipinski definition) is 3. The van der Waals surface area contributed by atoms with E-state index >= 15 is 0 Å². The minimum Gasteiger partial charge on any atom is -0.349 e. The molecule has 0 spiro atoms. The molecule has 0 aromatic heterocycles. The van der Waals surface area contributed by atoms with Gasteiger partial charge in [-0.15, -0.1) is 0 Å². The van der Waals surface area contributed by atoms with Crippen molar-refractivity contribution in [3.05, 3.63) is 29.8 Å². The zero-order valence-electron chi connectivity index (χ0n) is 17.4. The van der Waals surface area contributed by atoms with E-state index in [4.69, 9.17) is 0 Å². The van der Waals surface area contributed by atoms with E-state index in [0.717, 1.165) is 18.2 Å². The summed E-state index contributed by atoms with van der Waals surface area (Å²) in [7, 11) is -3.61. The van der Waals surface area contributed by atoms with E-state index in [9.17, 15) is 13.2 Å². The molecule has 1 unspecified atom stereocenters. The molecule has 1 N–H and O–H groups in total. The number of carbonyl (C=O) groups is 1. The maximum Gasteiger partial charge on any atom is 0.244 e. The molecule has 148 valence electrons. The second kappa shape index (κ2) is 7.99. The second-order valence-corrected chi connectivity index (χ2v) is 10.8. The first-order valence-corrected chi connectivity index (χ1v) is 10.9. The lowest BCUT2D eigenvalue weighted by molar-refractivity contribution is -0.124. The lowest BCUT2D eigenvalue weighted by Gasteiger charge is -2.37. The predicted octanol–water partition coefficient (Wildman–Crippen LogP) is 3.87. The van der Waals surface area contributed by atoms with Gasteiger partial charge >= 0.3 is 0 Å². The Bertz CT molecular complexity index is 716. The van der Waals surface area contributed by atoms with Crippen molar-refractivity contribution in [3.8, 4) is 0 Å². The number of carbonyl (C=O) groups excluding carboxylic acids is 1. The Morgan fingerprint density at radius 3 is 2.00 bits per heavy atom. The van der Waals surface area contributed by atoms with Crippen LogP contribution in [0.4, 0.5) is 5.69 Å². The van der Waals surface area contributed by atoms with Crippen LogP contribution in [-0.2, 0) is 14.8 Å². The lowest BCUT2D eigenvalue weighted by atomic mass is 9.81. The van der Waals surface area contributed by atoms with Crippen molar-refractivity contribution < 1.29 is 13.2 Å². The van der Waals surface area contributed by atoms with Crippen molar-refractivity contribution in [3.63, 3.8) is 0 Å². The third-order valence-corrected chi connectivity index (χ3v) is 5.23. The number of benzene rings is 1. The van der Waals surface area contributed by atoms with Gasteiger partial charge in [-0.1, -0.05) is 45.4 Å². The Labute approximate surface area is 159 Å². The smallest absolute Gasteiger partial charge is 0.244 e. The van der Waals surface area contributed by atoms with Gasteiger partial charge in [0, 0.05) is 5.54 Å². The van der Waals surface area contributed by atoms with Crippen molar-refractivity contribution in [2.75, 3.05) is 10.6 Å². The van der Waals surface area contributed by atoms with Gasteiger partial charge in [-0.2, -0.15) is 0 Å². The van der Waals surface area contributed by atoms with Gasteiger partial charge in [0.05, 0.1) is 11.9 Å². The summed E-state index contributed by atoms with van der Waals surface area (Å²) < 4.78 is 26.2. The summed E-state index contributed by atoms with van der Waals surface area (Å²) >= 11 is 0. The van der Waals surface area contributed by atoms with Crippen LogP contribution >= 0.6 is 0 Å². The fourth-order valence-corrected chi connectivity index (χ4v) is 4.75. The zero-order chi connectivity index (χ0) is 20.3. The highest BCUT2D eigenvalue weighted by molar-refractivity contribution is 7.92. The number of rotatable bonds is 7. The Balaban J connectivity index is 3.18. The topological polar surface area (TPSA) is 66.5 Å². The number of hydrogen-bond donors (Lipinski definition) is 1. The van der Waals surface area contributed by atoms with E-state index in [2.05, 4.69) is 26.1 Å².